The van der Waals surface area contributed by atoms with Gasteiger partial charge in [0.1, 0.15) is 0 Å². The topological polar surface area (TPSA) is 89.3 Å². The fourth-order valence-corrected chi connectivity index (χ4v) is 3.64. The molecule has 0 saturated carbocycles. The average molecular weight is 312 g/mol. The molecule has 0 saturated heterocycles. The quantitative estimate of drug-likeness (QED) is 0.710. The minimum atomic E-state index is -3.13. The van der Waals surface area contributed by atoms with Crippen molar-refractivity contribution in [1.29, 1.82) is 0 Å². The summed E-state index contributed by atoms with van der Waals surface area (Å²) in [5.41, 5.74) is 7.38. The second kappa shape index (κ2) is 8.02. The number of nitrogens with one attached hydrogen (secondary N) is 1. The summed E-state index contributed by atoms with van der Waals surface area (Å²) in [6.45, 7) is 4.20. The van der Waals surface area contributed by atoms with E-state index >= 15 is 0 Å². The molecule has 0 aliphatic heterocycles. The number of hydrogen-bond donors (Lipinski definition) is 2. The zero-order valence-electron chi connectivity index (χ0n) is 12.6. The van der Waals surface area contributed by atoms with E-state index in [1.54, 1.807) is 0 Å². The molecule has 0 aromatic heterocycles. The molecule has 5 nitrogen and oxygen atoms in total. The molecule has 0 heterocycles. The number of hydrogen-bond acceptors (Lipinski definition) is 4. The van der Waals surface area contributed by atoms with Gasteiger partial charge in [-0.3, -0.25) is 4.79 Å². The number of anilines is 1. The first-order valence-electron chi connectivity index (χ1n) is 7.10. The van der Waals surface area contributed by atoms with Crippen molar-refractivity contribution in [3.63, 3.8) is 0 Å². The van der Waals surface area contributed by atoms with Crippen LogP contribution in [0.3, 0.4) is 0 Å². The molecule has 0 aliphatic carbocycles. The summed E-state index contributed by atoms with van der Waals surface area (Å²) in [4.78, 5) is 11.6. The third-order valence-corrected chi connectivity index (χ3v) is 4.94. The van der Waals surface area contributed by atoms with Gasteiger partial charge in [0.15, 0.2) is 9.84 Å². The number of amides is 1. The number of nitrogen functional groups attached to an aromatic ring is 1. The third-order valence-electron chi connectivity index (χ3n) is 2.94. The maximum Gasteiger partial charge on any atom is 0.221 e. The van der Waals surface area contributed by atoms with Gasteiger partial charge in [-0.15, -0.1) is 0 Å². The lowest BCUT2D eigenvalue weighted by Gasteiger charge is -2.08. The van der Waals surface area contributed by atoms with Gasteiger partial charge in [0, 0.05) is 18.7 Å². The number of carbonyl (C=O) groups excluding carboxylic acids is 1. The fourth-order valence-electron chi connectivity index (χ4n) is 1.96. The second-order valence-electron chi connectivity index (χ2n) is 5.60. The smallest absolute Gasteiger partial charge is 0.221 e. The van der Waals surface area contributed by atoms with Crippen molar-refractivity contribution in [2.45, 2.75) is 26.7 Å². The van der Waals surface area contributed by atoms with Crippen LogP contribution in [0.5, 0.6) is 0 Å². The first-order chi connectivity index (χ1) is 9.78. The lowest BCUT2D eigenvalue weighted by Crippen LogP contribution is -2.28. The zero-order valence-corrected chi connectivity index (χ0v) is 13.4. The number of benzene rings is 1. The molecule has 0 spiro atoms. The summed E-state index contributed by atoms with van der Waals surface area (Å²) < 4.78 is 23.4. The Morgan fingerprint density at radius 3 is 2.43 bits per heavy atom. The minimum Gasteiger partial charge on any atom is -0.399 e. The molecule has 0 bridgehead atoms. The van der Waals surface area contributed by atoms with Crippen molar-refractivity contribution in [2.24, 2.45) is 5.92 Å². The van der Waals surface area contributed by atoms with Crippen LogP contribution in [0.4, 0.5) is 5.69 Å². The van der Waals surface area contributed by atoms with Gasteiger partial charge in [0.05, 0.1) is 11.5 Å². The van der Waals surface area contributed by atoms with E-state index in [1.807, 2.05) is 38.1 Å². The largest absolute Gasteiger partial charge is 0.399 e. The molecule has 6 heteroatoms. The molecule has 0 aliphatic rings. The summed E-state index contributed by atoms with van der Waals surface area (Å²) in [6.07, 6.45) is 0.724. The predicted octanol–water partition coefficient (Wildman–Crippen LogP) is 1.39. The van der Waals surface area contributed by atoms with Crippen LogP contribution in [0, 0.1) is 5.92 Å². The van der Waals surface area contributed by atoms with Crippen LogP contribution in [0.1, 0.15) is 25.8 Å². The van der Waals surface area contributed by atoms with E-state index in [0.29, 0.717) is 18.7 Å². The highest BCUT2D eigenvalue weighted by Crippen LogP contribution is 2.05. The van der Waals surface area contributed by atoms with Gasteiger partial charge in [0.2, 0.25) is 5.91 Å². The monoisotopic (exact) mass is 312 g/mol. The molecule has 0 radical (unpaired) electrons. The molecule has 1 rings (SSSR count). The van der Waals surface area contributed by atoms with Gasteiger partial charge in [-0.05, 0) is 30.0 Å². The van der Waals surface area contributed by atoms with Crippen LogP contribution in [0.15, 0.2) is 24.3 Å². The lowest BCUT2D eigenvalue weighted by atomic mass is 10.1. The van der Waals surface area contributed by atoms with Crippen LogP contribution in [-0.4, -0.2) is 32.4 Å². The number of rotatable bonds is 8. The highest BCUT2D eigenvalue weighted by Gasteiger charge is 2.15. The molecule has 118 valence electrons. The van der Waals surface area contributed by atoms with Crippen molar-refractivity contribution >= 4 is 21.4 Å². The van der Waals surface area contributed by atoms with E-state index in [1.165, 1.54) is 0 Å². The Balaban J connectivity index is 2.27. The highest BCUT2D eigenvalue weighted by molar-refractivity contribution is 7.91. The summed E-state index contributed by atoms with van der Waals surface area (Å²) >= 11 is 0. The van der Waals surface area contributed by atoms with Crippen molar-refractivity contribution in [3.05, 3.63) is 29.8 Å². The lowest BCUT2D eigenvalue weighted by molar-refractivity contribution is -0.120. The van der Waals surface area contributed by atoms with E-state index < -0.39 is 9.84 Å². The van der Waals surface area contributed by atoms with Gasteiger partial charge < -0.3 is 11.1 Å². The summed E-state index contributed by atoms with van der Waals surface area (Å²) in [5, 5.41) is 2.74. The van der Waals surface area contributed by atoms with Gasteiger partial charge in [-0.1, -0.05) is 26.0 Å². The molecule has 3 N–H and O–H groups in total. The van der Waals surface area contributed by atoms with Crippen LogP contribution in [0.25, 0.3) is 0 Å². The number of nitrogens with two attached hydrogens (primary N) is 1. The SMILES string of the molecule is CC(C)CS(=O)(=O)CCC(=O)NCCc1ccc(N)cc1. The Kier molecular flexibility index (Phi) is 6.68. The molecular weight excluding hydrogens is 288 g/mol. The number of carbonyl (C=O) groups is 1. The highest BCUT2D eigenvalue weighted by atomic mass is 32.2. The predicted molar refractivity (Wildman–Crippen MR) is 85.7 cm³/mol. The van der Waals surface area contributed by atoms with Crippen LogP contribution < -0.4 is 11.1 Å². The molecule has 1 amide bonds. The summed E-state index contributed by atoms with van der Waals surface area (Å²) in [5.74, 6) is -0.0914. The summed E-state index contributed by atoms with van der Waals surface area (Å²) in [7, 11) is -3.13. The molecule has 0 atom stereocenters. The molecule has 1 aromatic carbocycles. The standard InChI is InChI=1S/C15H24N2O3S/c1-12(2)11-21(19,20)10-8-15(18)17-9-7-13-3-5-14(16)6-4-13/h3-6,12H,7-11,16H2,1-2H3,(H,17,18). The van der Waals surface area contributed by atoms with Crippen molar-refractivity contribution in [3.8, 4) is 0 Å². The Labute approximate surface area is 126 Å². The molecule has 21 heavy (non-hydrogen) atoms. The second-order valence-corrected chi connectivity index (χ2v) is 7.83. The van der Waals surface area contributed by atoms with Gasteiger partial charge in [0.25, 0.3) is 0 Å². The Hall–Kier alpha value is -1.56. The van der Waals surface area contributed by atoms with E-state index in [0.717, 1.165) is 5.56 Å². The van der Waals surface area contributed by atoms with Crippen LogP contribution >= 0.6 is 0 Å². The molecular formula is C15H24N2O3S. The molecule has 0 fully saturated rings. The average Bonchev–Trinajstić information content (AvgIpc) is 2.37. The van der Waals surface area contributed by atoms with Crippen molar-refractivity contribution in [2.75, 3.05) is 23.8 Å². The Morgan fingerprint density at radius 2 is 1.86 bits per heavy atom. The molecule has 0 unspecified atom stereocenters. The summed E-state index contributed by atoms with van der Waals surface area (Å²) in [6, 6.07) is 7.45. The fraction of sp³-hybridized carbons (Fsp3) is 0.533. The van der Waals surface area contributed by atoms with E-state index in [-0.39, 0.29) is 29.8 Å². The Morgan fingerprint density at radius 1 is 1.24 bits per heavy atom. The van der Waals surface area contributed by atoms with Crippen molar-refractivity contribution in [1.82, 2.24) is 5.32 Å². The zero-order chi connectivity index (χ0) is 15.9. The Bertz CT molecular complexity index is 551. The first kappa shape index (κ1) is 17.5. The van der Waals surface area contributed by atoms with E-state index in [4.69, 9.17) is 5.73 Å². The van der Waals surface area contributed by atoms with Crippen molar-refractivity contribution < 1.29 is 13.2 Å². The van der Waals surface area contributed by atoms with Gasteiger partial charge >= 0.3 is 0 Å². The van der Waals surface area contributed by atoms with Gasteiger partial charge in [-0.2, -0.15) is 0 Å². The molecule has 1 aromatic rings. The first-order valence-corrected chi connectivity index (χ1v) is 8.92. The maximum absolute atomic E-state index is 11.7. The third kappa shape index (κ3) is 7.70. The minimum absolute atomic E-state index is 0.0246. The number of sulfone groups is 1. The van der Waals surface area contributed by atoms with Crippen LogP contribution in [0.2, 0.25) is 0 Å². The maximum atomic E-state index is 11.7. The van der Waals surface area contributed by atoms with Crippen LogP contribution in [-0.2, 0) is 21.1 Å². The van der Waals surface area contributed by atoms with E-state index in [2.05, 4.69) is 5.32 Å². The van der Waals surface area contributed by atoms with Gasteiger partial charge in [-0.25, -0.2) is 8.42 Å². The normalized spacial score (nSPS) is 11.6. The van der Waals surface area contributed by atoms with E-state index in [9.17, 15) is 13.2 Å².